The Kier molecular flexibility index (Phi) is 12.9. The first-order valence-corrected chi connectivity index (χ1v) is 18.0. The molecule has 0 aromatic heterocycles. The Bertz CT molecular complexity index is 763. The van der Waals surface area contributed by atoms with Gasteiger partial charge in [0, 0.05) is 32.5 Å². The lowest BCUT2D eigenvalue weighted by Crippen LogP contribution is -2.59. The quantitative estimate of drug-likeness (QED) is 0.160. The highest BCUT2D eigenvalue weighted by Crippen LogP contribution is 2.68. The average Bonchev–Trinajstić information content (AvgIpc) is 3.29. The summed E-state index contributed by atoms with van der Waals surface area (Å²) >= 11 is 0. The highest BCUT2D eigenvalue weighted by molar-refractivity contribution is 5.12. The lowest BCUT2D eigenvalue weighted by molar-refractivity contribution is -0.167. The molecule has 0 amide bonds. The monoisotopic (exact) mass is 577 g/mol. The van der Waals surface area contributed by atoms with E-state index in [0.29, 0.717) is 35.3 Å². The number of nitrogens with two attached hydrogens (primary N) is 1. The van der Waals surface area contributed by atoms with Crippen LogP contribution in [-0.4, -0.2) is 56.8 Å². The van der Waals surface area contributed by atoms with E-state index in [1.807, 2.05) is 0 Å². The third-order valence-corrected chi connectivity index (χ3v) is 12.9. The van der Waals surface area contributed by atoms with Crippen molar-refractivity contribution in [1.82, 2.24) is 5.32 Å². The second kappa shape index (κ2) is 15.7. The lowest BCUT2D eigenvalue weighted by Gasteiger charge is -2.62. The van der Waals surface area contributed by atoms with Crippen molar-refractivity contribution in [2.24, 2.45) is 58.0 Å². The Morgan fingerprint density at radius 1 is 0.805 bits per heavy atom. The fourth-order valence-electron chi connectivity index (χ4n) is 10.6. The summed E-state index contributed by atoms with van der Waals surface area (Å²) in [5.74, 6) is 5.17. The van der Waals surface area contributed by atoms with Crippen LogP contribution in [0.15, 0.2) is 0 Å². The first kappa shape index (κ1) is 33.7. The van der Waals surface area contributed by atoms with Gasteiger partial charge in [0.25, 0.3) is 0 Å². The number of nitrogens with one attached hydrogen (secondary N) is 1. The molecule has 4 fully saturated rings. The van der Waals surface area contributed by atoms with Crippen LogP contribution in [0.3, 0.4) is 0 Å². The summed E-state index contributed by atoms with van der Waals surface area (Å²) in [6, 6.07) is 0.601. The van der Waals surface area contributed by atoms with Crippen LogP contribution in [0.4, 0.5) is 0 Å². The highest BCUT2D eigenvalue weighted by Gasteiger charge is 2.62. The molecular weight excluding hydrogens is 508 g/mol. The fraction of sp³-hybridized carbons (Fsp3) is 1.00. The zero-order valence-corrected chi connectivity index (χ0v) is 27.7. The molecule has 4 aliphatic rings. The van der Waals surface area contributed by atoms with Crippen molar-refractivity contribution >= 4 is 0 Å². The van der Waals surface area contributed by atoms with Crippen LogP contribution >= 0.6 is 0 Å². The van der Waals surface area contributed by atoms with Gasteiger partial charge in [0.15, 0.2) is 0 Å². The third kappa shape index (κ3) is 8.10. The molecule has 0 saturated heterocycles. The number of aliphatic hydroxyl groups excluding tert-OH is 1. The van der Waals surface area contributed by atoms with Gasteiger partial charge in [-0.3, -0.25) is 0 Å². The molecule has 0 bridgehead atoms. The number of fused-ring (bicyclic) bond motifs is 5. The molecule has 0 aromatic rings. The Balaban J connectivity index is 1.22. The maximum atomic E-state index is 11.8. The molecule has 4 rings (SSSR count). The van der Waals surface area contributed by atoms with E-state index in [0.717, 1.165) is 88.2 Å². The van der Waals surface area contributed by atoms with Gasteiger partial charge in [-0.15, -0.1) is 0 Å². The minimum atomic E-state index is -0.0934. The number of aliphatic hydroxyl groups is 1. The molecule has 0 aliphatic heterocycles. The van der Waals surface area contributed by atoms with Gasteiger partial charge in [-0.2, -0.15) is 0 Å². The van der Waals surface area contributed by atoms with E-state index in [4.69, 9.17) is 15.2 Å². The molecule has 3 unspecified atom stereocenters. The number of ether oxygens (including phenoxy) is 2. The van der Waals surface area contributed by atoms with Gasteiger partial charge in [-0.1, -0.05) is 53.9 Å². The summed E-state index contributed by atoms with van der Waals surface area (Å²) in [5, 5.41) is 15.6. The van der Waals surface area contributed by atoms with Crippen LogP contribution < -0.4 is 11.1 Å². The largest absolute Gasteiger partial charge is 0.393 e. The van der Waals surface area contributed by atoms with Crippen molar-refractivity contribution in [3.05, 3.63) is 0 Å². The standard InChI is InChI=1S/C36H68N2O3/c1-26(2)10-6-11-27(3)30-12-13-31-34-32(15-17-36(30,31)5)35(4)16-14-29(24-28(35)25-33(34)39)38-19-8-21-41-23-9-22-40-20-7-18-37/h26-34,38-39H,6-25,37H2,1-5H3/t27-,28-,29+,30-,31?,32?,33+,34?,35+,36-/m1/s1. The summed E-state index contributed by atoms with van der Waals surface area (Å²) in [7, 11) is 0. The van der Waals surface area contributed by atoms with Gasteiger partial charge < -0.3 is 25.6 Å². The average molecular weight is 577 g/mol. The van der Waals surface area contributed by atoms with E-state index in [2.05, 4.69) is 39.9 Å². The molecule has 0 aromatic carbocycles. The van der Waals surface area contributed by atoms with Gasteiger partial charge in [0.2, 0.25) is 0 Å². The van der Waals surface area contributed by atoms with E-state index in [9.17, 15) is 5.11 Å². The summed E-state index contributed by atoms with van der Waals surface area (Å²) in [6.07, 6.45) is 17.5. The fourth-order valence-corrected chi connectivity index (χ4v) is 10.6. The molecule has 10 atom stereocenters. The second-order valence-corrected chi connectivity index (χ2v) is 15.8. The molecular formula is C36H68N2O3. The Morgan fingerprint density at radius 2 is 1.49 bits per heavy atom. The van der Waals surface area contributed by atoms with Gasteiger partial charge in [0.1, 0.15) is 0 Å². The summed E-state index contributed by atoms with van der Waals surface area (Å²) < 4.78 is 11.4. The number of rotatable bonds is 17. The predicted octanol–water partition coefficient (Wildman–Crippen LogP) is 7.20. The number of hydrogen-bond acceptors (Lipinski definition) is 5. The van der Waals surface area contributed by atoms with Crippen molar-refractivity contribution in [2.75, 3.05) is 39.5 Å². The van der Waals surface area contributed by atoms with Gasteiger partial charge in [-0.05, 0) is 136 Å². The molecule has 0 heterocycles. The zero-order valence-electron chi connectivity index (χ0n) is 27.7. The zero-order chi connectivity index (χ0) is 29.5. The predicted molar refractivity (Wildman–Crippen MR) is 171 cm³/mol. The molecule has 4 aliphatic carbocycles. The van der Waals surface area contributed by atoms with Crippen molar-refractivity contribution in [3.63, 3.8) is 0 Å². The summed E-state index contributed by atoms with van der Waals surface area (Å²) in [6.45, 7) is 17.4. The number of hydrogen-bond donors (Lipinski definition) is 3. The molecule has 5 heteroatoms. The van der Waals surface area contributed by atoms with Crippen molar-refractivity contribution in [3.8, 4) is 0 Å². The maximum Gasteiger partial charge on any atom is 0.0577 e. The molecule has 4 N–H and O–H groups in total. The van der Waals surface area contributed by atoms with E-state index >= 15 is 0 Å². The van der Waals surface area contributed by atoms with E-state index < -0.39 is 0 Å². The summed E-state index contributed by atoms with van der Waals surface area (Å²) in [5.41, 5.74) is 6.35. The molecule has 4 saturated carbocycles. The van der Waals surface area contributed by atoms with Crippen LogP contribution in [0.25, 0.3) is 0 Å². The molecule has 41 heavy (non-hydrogen) atoms. The molecule has 0 spiro atoms. The van der Waals surface area contributed by atoms with E-state index in [-0.39, 0.29) is 6.10 Å². The van der Waals surface area contributed by atoms with Crippen molar-refractivity contribution in [2.45, 2.75) is 137 Å². The maximum absolute atomic E-state index is 11.8. The van der Waals surface area contributed by atoms with Crippen LogP contribution in [0, 0.1) is 52.3 Å². The topological polar surface area (TPSA) is 76.7 Å². The van der Waals surface area contributed by atoms with Gasteiger partial charge in [-0.25, -0.2) is 0 Å². The first-order chi connectivity index (χ1) is 19.7. The second-order valence-electron chi connectivity index (χ2n) is 15.8. The van der Waals surface area contributed by atoms with Gasteiger partial charge >= 0.3 is 0 Å². The molecule has 0 radical (unpaired) electrons. The van der Waals surface area contributed by atoms with Crippen molar-refractivity contribution < 1.29 is 14.6 Å². The van der Waals surface area contributed by atoms with E-state index in [1.54, 1.807) is 0 Å². The van der Waals surface area contributed by atoms with Crippen LogP contribution in [-0.2, 0) is 9.47 Å². The molecule has 240 valence electrons. The smallest absolute Gasteiger partial charge is 0.0577 e. The normalized spacial score (nSPS) is 39.4. The third-order valence-electron chi connectivity index (χ3n) is 12.9. The van der Waals surface area contributed by atoms with Crippen LogP contribution in [0.1, 0.15) is 125 Å². The minimum absolute atomic E-state index is 0.0934. The van der Waals surface area contributed by atoms with Crippen LogP contribution in [0.5, 0.6) is 0 Å². The van der Waals surface area contributed by atoms with Gasteiger partial charge in [0.05, 0.1) is 6.10 Å². The Hall–Kier alpha value is -0.200. The Labute approximate surface area is 253 Å². The van der Waals surface area contributed by atoms with Crippen LogP contribution in [0.2, 0.25) is 0 Å². The highest BCUT2D eigenvalue weighted by atomic mass is 16.5. The molecule has 5 nitrogen and oxygen atoms in total. The van der Waals surface area contributed by atoms with E-state index in [1.165, 1.54) is 64.2 Å². The Morgan fingerprint density at radius 3 is 2.22 bits per heavy atom. The lowest BCUT2D eigenvalue weighted by atomic mass is 9.43. The van der Waals surface area contributed by atoms with Crippen molar-refractivity contribution in [1.29, 1.82) is 0 Å². The first-order valence-electron chi connectivity index (χ1n) is 18.0. The SMILES string of the molecule is CC(C)CCC[C@@H](C)[C@H]1CCC2C3C(CC[C@@]21C)[C@@]1(C)CC[C@H](NCCCOCCCOCCCN)C[C@@H]1C[C@@H]3O. The summed E-state index contributed by atoms with van der Waals surface area (Å²) in [4.78, 5) is 0. The minimum Gasteiger partial charge on any atom is -0.393 e.